The van der Waals surface area contributed by atoms with E-state index in [4.69, 9.17) is 32.3 Å². The molecule has 0 amide bonds. The van der Waals surface area contributed by atoms with Crippen molar-refractivity contribution >= 4 is 33.6 Å². The van der Waals surface area contributed by atoms with Gasteiger partial charge in [-0.25, -0.2) is 9.13 Å². The van der Waals surface area contributed by atoms with Crippen molar-refractivity contribution in [3.63, 3.8) is 0 Å². The number of carbonyl (C=O) groups is 3. The van der Waals surface area contributed by atoms with E-state index in [9.17, 15) is 43.5 Å². The van der Waals surface area contributed by atoms with Gasteiger partial charge in [0.25, 0.3) is 0 Å². The molecule has 0 aromatic carbocycles. The van der Waals surface area contributed by atoms with Crippen molar-refractivity contribution < 1.29 is 75.8 Å². The van der Waals surface area contributed by atoms with Gasteiger partial charge in [0.1, 0.15) is 25.4 Å². The van der Waals surface area contributed by atoms with E-state index in [1.54, 1.807) is 0 Å². The zero-order chi connectivity index (χ0) is 72.3. The number of hydrogen-bond acceptors (Lipinski definition) is 14. The van der Waals surface area contributed by atoms with Crippen LogP contribution in [0, 0.1) is 0 Å². The summed E-state index contributed by atoms with van der Waals surface area (Å²) in [5.74, 6) is -1.60. The quantitative estimate of drug-likeness (QED) is 0.0146. The molecule has 4 N–H and O–H groups in total. The number of esters is 3. The summed E-state index contributed by atoms with van der Waals surface area (Å²) in [7, 11) is -9.79. The first-order valence-electron chi connectivity index (χ1n) is 38.8. The van der Waals surface area contributed by atoms with Crippen LogP contribution in [-0.4, -0.2) is 95.9 Å². The maximum Gasteiger partial charge on any atom is 0.472 e. The molecule has 0 aromatic heterocycles. The number of phosphoric acid groups is 2. The van der Waals surface area contributed by atoms with Gasteiger partial charge < -0.3 is 34.2 Å². The first kappa shape index (κ1) is 94.9. The lowest BCUT2D eigenvalue weighted by Crippen LogP contribution is -2.30. The SMILES string of the molecule is CC/C=C\C/C=C\C/C=C\C/C=C\C/C=C\CCCCCCCCCC(=O)OCC(COP(=O)(O)OCC(O)COP(=O)(O)OCC(O)COC(=O)CCCCCCCCCCCCCCC/C=C\C/C=C\C/C=C\C/C=C\CCCCC)OC(=O)CCCCCCC/C=C\CCCC. The van der Waals surface area contributed by atoms with Gasteiger partial charge in [-0.15, -0.1) is 0 Å². The van der Waals surface area contributed by atoms with E-state index in [2.05, 4.69) is 142 Å². The minimum Gasteiger partial charge on any atom is -0.463 e. The first-order valence-corrected chi connectivity index (χ1v) is 41.8. The lowest BCUT2D eigenvalue weighted by molar-refractivity contribution is -0.161. The fraction of sp³-hybridized carbons (Fsp3) is 0.716. The van der Waals surface area contributed by atoms with Gasteiger partial charge in [-0.2, -0.15) is 0 Å². The van der Waals surface area contributed by atoms with Crippen LogP contribution < -0.4 is 0 Å². The monoisotopic (exact) mass is 1430 g/mol. The Labute approximate surface area is 602 Å². The van der Waals surface area contributed by atoms with Crippen molar-refractivity contribution in [1.82, 2.24) is 0 Å². The summed E-state index contributed by atoms with van der Waals surface area (Å²) < 4.78 is 61.0. The van der Waals surface area contributed by atoms with Gasteiger partial charge in [0.05, 0.1) is 26.4 Å². The highest BCUT2D eigenvalue weighted by Gasteiger charge is 2.29. The van der Waals surface area contributed by atoms with Crippen LogP contribution in [0.1, 0.15) is 316 Å². The second-order valence-corrected chi connectivity index (χ2v) is 28.7. The summed E-state index contributed by atoms with van der Waals surface area (Å²) in [6.07, 6.45) is 86.9. The summed E-state index contributed by atoms with van der Waals surface area (Å²) in [5, 5.41) is 20.6. The maximum atomic E-state index is 12.9. The fourth-order valence-electron chi connectivity index (χ4n) is 10.2. The summed E-state index contributed by atoms with van der Waals surface area (Å²) in [6, 6.07) is 0. The highest BCUT2D eigenvalue weighted by molar-refractivity contribution is 7.47. The molecule has 0 bridgehead atoms. The molecular formula is C81H140O16P2. The van der Waals surface area contributed by atoms with Crippen molar-refractivity contribution in [2.24, 2.45) is 0 Å². The fourth-order valence-corrected chi connectivity index (χ4v) is 11.8. The molecule has 0 aliphatic heterocycles. The lowest BCUT2D eigenvalue weighted by Gasteiger charge is -2.21. The highest BCUT2D eigenvalue weighted by Crippen LogP contribution is 2.45. The summed E-state index contributed by atoms with van der Waals surface area (Å²) in [5.41, 5.74) is 0. The Morgan fingerprint density at radius 3 is 0.889 bits per heavy atom. The highest BCUT2D eigenvalue weighted by atomic mass is 31.2. The Bertz CT molecular complexity index is 2290. The molecule has 0 spiro atoms. The number of aliphatic hydroxyl groups is 2. The van der Waals surface area contributed by atoms with Crippen molar-refractivity contribution in [3.05, 3.63) is 122 Å². The molecule has 99 heavy (non-hydrogen) atoms. The third-order valence-corrected chi connectivity index (χ3v) is 18.0. The Hall–Kier alpha value is -4.05. The van der Waals surface area contributed by atoms with E-state index in [0.717, 1.165) is 161 Å². The summed E-state index contributed by atoms with van der Waals surface area (Å²) >= 11 is 0. The van der Waals surface area contributed by atoms with Crippen LogP contribution >= 0.6 is 15.6 Å². The number of aliphatic hydroxyl groups excluding tert-OH is 2. The average molecular weight is 1430 g/mol. The van der Waals surface area contributed by atoms with Gasteiger partial charge in [-0.05, 0) is 128 Å². The molecule has 5 atom stereocenters. The van der Waals surface area contributed by atoms with E-state index < -0.39 is 91.5 Å². The number of ether oxygens (including phenoxy) is 3. The summed E-state index contributed by atoms with van der Waals surface area (Å²) in [4.78, 5) is 58.5. The smallest absolute Gasteiger partial charge is 0.463 e. The molecule has 570 valence electrons. The van der Waals surface area contributed by atoms with Crippen LogP contribution in [-0.2, 0) is 55.8 Å². The van der Waals surface area contributed by atoms with Crippen LogP contribution in [0.3, 0.4) is 0 Å². The molecule has 0 saturated carbocycles. The lowest BCUT2D eigenvalue weighted by atomic mass is 10.0. The molecule has 0 heterocycles. The number of unbranched alkanes of at least 4 members (excludes halogenated alkanes) is 30. The third-order valence-electron chi connectivity index (χ3n) is 16.1. The number of rotatable bonds is 73. The first-order chi connectivity index (χ1) is 48.2. The van der Waals surface area contributed by atoms with Crippen molar-refractivity contribution in [2.75, 3.05) is 39.6 Å². The molecule has 5 unspecified atom stereocenters. The molecule has 0 fully saturated rings. The van der Waals surface area contributed by atoms with E-state index in [-0.39, 0.29) is 19.3 Å². The van der Waals surface area contributed by atoms with Crippen molar-refractivity contribution in [2.45, 2.75) is 334 Å². The normalized spacial score (nSPS) is 14.7. The molecule has 0 aliphatic carbocycles. The van der Waals surface area contributed by atoms with Gasteiger partial charge in [-0.3, -0.25) is 32.5 Å². The zero-order valence-corrected chi connectivity index (χ0v) is 63.9. The number of allylic oxidation sites excluding steroid dienone is 20. The molecule has 0 saturated heterocycles. The van der Waals surface area contributed by atoms with Crippen molar-refractivity contribution in [3.8, 4) is 0 Å². The number of carbonyl (C=O) groups excluding carboxylic acids is 3. The van der Waals surface area contributed by atoms with Crippen LogP contribution in [0.15, 0.2) is 122 Å². The minimum atomic E-state index is -4.93. The Kier molecular flexibility index (Phi) is 70.7. The average Bonchev–Trinajstić information content (AvgIpc) is 1.94. The molecular weight excluding hydrogens is 1290 g/mol. The van der Waals surface area contributed by atoms with E-state index in [1.165, 1.54) is 96.3 Å². The molecule has 18 heteroatoms. The Morgan fingerprint density at radius 1 is 0.293 bits per heavy atom. The molecule has 0 aliphatic rings. The maximum absolute atomic E-state index is 12.9. The predicted octanol–water partition coefficient (Wildman–Crippen LogP) is 22.5. The van der Waals surface area contributed by atoms with E-state index in [0.29, 0.717) is 19.3 Å². The van der Waals surface area contributed by atoms with Crippen LogP contribution in [0.2, 0.25) is 0 Å². The van der Waals surface area contributed by atoms with Gasteiger partial charge >= 0.3 is 33.6 Å². The second-order valence-electron chi connectivity index (χ2n) is 25.8. The predicted molar refractivity (Wildman–Crippen MR) is 408 cm³/mol. The van der Waals surface area contributed by atoms with Gasteiger partial charge in [-0.1, -0.05) is 290 Å². The molecule has 0 aromatic rings. The Balaban J connectivity index is 4.45. The topological polar surface area (TPSA) is 231 Å². The number of phosphoric ester groups is 2. The summed E-state index contributed by atoms with van der Waals surface area (Å²) in [6.45, 7) is 2.48. The second kappa shape index (κ2) is 73.7. The molecule has 0 radical (unpaired) electrons. The third kappa shape index (κ3) is 74.9. The molecule has 16 nitrogen and oxygen atoms in total. The van der Waals surface area contributed by atoms with Gasteiger partial charge in [0.2, 0.25) is 0 Å². The zero-order valence-electron chi connectivity index (χ0n) is 62.1. The van der Waals surface area contributed by atoms with Crippen LogP contribution in [0.5, 0.6) is 0 Å². The Morgan fingerprint density at radius 2 is 0.545 bits per heavy atom. The number of hydrogen-bond donors (Lipinski definition) is 4. The van der Waals surface area contributed by atoms with E-state index in [1.807, 2.05) is 0 Å². The van der Waals surface area contributed by atoms with Crippen LogP contribution in [0.4, 0.5) is 0 Å². The standard InChI is InChI=1S/C81H140O16P2/c1-4-7-10-13-16-19-22-24-26-28-30-32-34-35-36-37-38-39-41-43-44-46-48-50-53-55-58-61-64-67-79(84)91-70-76(82)71-93-98(87,88)94-72-77(83)73-95-99(89,90)96-75-78(97-81(86)69-66-63-60-57-52-21-18-15-12-9-6-3)74-92-80(85)68-65-62-59-56-54-51-49-47-45-42-40-33-31-29-27-25-23-20-17-14-11-8-5-2/h8,11,15-20,24-27,30-33,35-36,42,45,76-78,82-83H,4-7,9-10,12-14,21-23,28-29,34,37-41,43-44,46-75H2,1-3H3,(H,87,88)(H,89,90)/b11-8-,18-15-,19-16-,20-17-,26-24-,27-25-,32-30-,33-31-,36-35-,45-42-. The van der Waals surface area contributed by atoms with Gasteiger partial charge in [0.15, 0.2) is 6.10 Å². The molecule has 0 rings (SSSR count). The minimum absolute atomic E-state index is 0.0896. The van der Waals surface area contributed by atoms with Crippen LogP contribution in [0.25, 0.3) is 0 Å². The largest absolute Gasteiger partial charge is 0.472 e. The van der Waals surface area contributed by atoms with Gasteiger partial charge in [0, 0.05) is 19.3 Å². The van der Waals surface area contributed by atoms with Crippen molar-refractivity contribution in [1.29, 1.82) is 0 Å². The van der Waals surface area contributed by atoms with E-state index >= 15 is 0 Å².